The van der Waals surface area contributed by atoms with Gasteiger partial charge in [-0.25, -0.2) is 0 Å². The maximum absolute atomic E-state index is 12.1. The normalized spacial score (nSPS) is 17.6. The summed E-state index contributed by atoms with van der Waals surface area (Å²) in [5, 5.41) is 9.10. The van der Waals surface area contributed by atoms with Gasteiger partial charge in [0.1, 0.15) is 5.25 Å². The van der Waals surface area contributed by atoms with Gasteiger partial charge in [0.05, 0.1) is 0 Å². The van der Waals surface area contributed by atoms with Gasteiger partial charge < -0.3 is 5.11 Å². The predicted molar refractivity (Wildman–Crippen MR) is 81.3 cm³/mol. The number of rotatable bonds is 6. The molecule has 2 rings (SSSR count). The van der Waals surface area contributed by atoms with Crippen LogP contribution in [0, 0.1) is 0 Å². The molecule has 1 atom stereocenters. The summed E-state index contributed by atoms with van der Waals surface area (Å²) in [6.45, 7) is 0. The van der Waals surface area contributed by atoms with E-state index in [1.807, 2.05) is 6.07 Å². The van der Waals surface area contributed by atoms with Crippen LogP contribution in [0.3, 0.4) is 0 Å². The van der Waals surface area contributed by atoms with E-state index in [0.29, 0.717) is 10.8 Å². The lowest BCUT2D eigenvalue weighted by Crippen LogP contribution is -2.24. The van der Waals surface area contributed by atoms with E-state index in [9.17, 15) is 14.7 Å². The van der Waals surface area contributed by atoms with E-state index in [-0.39, 0.29) is 12.2 Å². The van der Waals surface area contributed by atoms with Gasteiger partial charge in [-0.3, -0.25) is 9.59 Å². The molecule has 0 aromatic heterocycles. The molecule has 1 unspecified atom stereocenters. The maximum atomic E-state index is 12.1. The van der Waals surface area contributed by atoms with Crippen molar-refractivity contribution in [1.82, 2.24) is 0 Å². The zero-order valence-electron chi connectivity index (χ0n) is 11.5. The molecule has 0 bridgehead atoms. The second-order valence-corrected chi connectivity index (χ2v) is 6.72. The summed E-state index contributed by atoms with van der Waals surface area (Å²) in [6.07, 6.45) is 5.84. The molecule has 1 N–H and O–H groups in total. The molecule has 1 aliphatic carbocycles. The molecule has 1 aromatic rings. The van der Waals surface area contributed by atoms with Crippen LogP contribution in [-0.4, -0.2) is 27.4 Å². The Labute approximate surface area is 123 Å². The van der Waals surface area contributed by atoms with Gasteiger partial charge in [0.15, 0.2) is 5.78 Å². The number of Topliss-reactive ketones (excluding diaryl/α,β-unsaturated/α-hetero) is 1. The smallest absolute Gasteiger partial charge is 0.317 e. The first-order chi connectivity index (χ1) is 9.66. The van der Waals surface area contributed by atoms with E-state index in [1.54, 1.807) is 24.3 Å². The van der Waals surface area contributed by atoms with Crippen LogP contribution in [0.1, 0.15) is 48.9 Å². The van der Waals surface area contributed by atoms with E-state index >= 15 is 0 Å². The molecule has 0 aliphatic heterocycles. The highest BCUT2D eigenvalue weighted by atomic mass is 32.2. The van der Waals surface area contributed by atoms with Gasteiger partial charge >= 0.3 is 5.97 Å². The van der Waals surface area contributed by atoms with Crippen molar-refractivity contribution in [2.75, 3.05) is 0 Å². The van der Waals surface area contributed by atoms with Gasteiger partial charge in [0.25, 0.3) is 0 Å². The van der Waals surface area contributed by atoms with Crippen LogP contribution >= 0.6 is 11.8 Å². The zero-order chi connectivity index (χ0) is 14.4. The Morgan fingerprint density at radius 1 is 1.15 bits per heavy atom. The lowest BCUT2D eigenvalue weighted by molar-refractivity contribution is -0.136. The van der Waals surface area contributed by atoms with Crippen molar-refractivity contribution in [2.24, 2.45) is 0 Å². The zero-order valence-corrected chi connectivity index (χ0v) is 12.3. The highest BCUT2D eigenvalue weighted by Crippen LogP contribution is 2.32. The van der Waals surface area contributed by atoms with Crippen molar-refractivity contribution in [3.8, 4) is 0 Å². The van der Waals surface area contributed by atoms with Gasteiger partial charge in [0, 0.05) is 17.2 Å². The van der Waals surface area contributed by atoms with Crippen LogP contribution < -0.4 is 0 Å². The van der Waals surface area contributed by atoms with Crippen molar-refractivity contribution >= 4 is 23.5 Å². The second-order valence-electron chi connectivity index (χ2n) is 5.22. The van der Waals surface area contributed by atoms with E-state index in [1.165, 1.54) is 31.0 Å². The minimum Gasteiger partial charge on any atom is -0.480 e. The third kappa shape index (κ3) is 4.37. The molecular formula is C16H20O3S. The quantitative estimate of drug-likeness (QED) is 0.811. The predicted octanol–water partition coefficient (Wildman–Crippen LogP) is 3.78. The summed E-state index contributed by atoms with van der Waals surface area (Å²) in [6, 6.07) is 8.94. The van der Waals surface area contributed by atoms with Crippen LogP contribution in [0.2, 0.25) is 0 Å². The third-order valence-corrected chi connectivity index (χ3v) is 5.20. The van der Waals surface area contributed by atoms with E-state index in [0.717, 1.165) is 12.8 Å². The van der Waals surface area contributed by atoms with E-state index in [2.05, 4.69) is 0 Å². The number of thioether (sulfide) groups is 1. The minimum atomic E-state index is -0.871. The molecule has 108 valence electrons. The summed E-state index contributed by atoms with van der Waals surface area (Å²) in [5.74, 6) is -0.953. The molecule has 1 fully saturated rings. The number of carboxylic acids is 1. The number of hydrogen-bond acceptors (Lipinski definition) is 3. The minimum absolute atomic E-state index is 0.0821. The molecule has 1 saturated carbocycles. The summed E-state index contributed by atoms with van der Waals surface area (Å²) < 4.78 is 0. The molecule has 3 nitrogen and oxygen atoms in total. The van der Waals surface area contributed by atoms with E-state index in [4.69, 9.17) is 0 Å². The highest BCUT2D eigenvalue weighted by Gasteiger charge is 2.27. The topological polar surface area (TPSA) is 54.4 Å². The van der Waals surface area contributed by atoms with Gasteiger partial charge in [-0.15, -0.1) is 11.8 Å². The Balaban J connectivity index is 1.95. The fourth-order valence-corrected chi connectivity index (χ4v) is 3.97. The van der Waals surface area contributed by atoms with Gasteiger partial charge in [0.2, 0.25) is 0 Å². The lowest BCUT2D eigenvalue weighted by Gasteiger charge is -2.24. The largest absolute Gasteiger partial charge is 0.480 e. The highest BCUT2D eigenvalue weighted by molar-refractivity contribution is 8.01. The second kappa shape index (κ2) is 7.48. The molecule has 4 heteroatoms. The SMILES string of the molecule is O=C(CC(SC1CCCCC1)C(=O)O)c1ccccc1. The molecule has 0 radical (unpaired) electrons. The maximum Gasteiger partial charge on any atom is 0.317 e. The Kier molecular flexibility index (Phi) is 5.65. The monoisotopic (exact) mass is 292 g/mol. The number of benzene rings is 1. The van der Waals surface area contributed by atoms with E-state index < -0.39 is 11.2 Å². The first kappa shape index (κ1) is 15.1. The first-order valence-electron chi connectivity index (χ1n) is 7.13. The average Bonchev–Trinajstić information content (AvgIpc) is 2.48. The number of carbonyl (C=O) groups is 2. The van der Waals surface area contributed by atoms with Crippen LogP contribution in [0.25, 0.3) is 0 Å². The summed E-state index contributed by atoms with van der Waals surface area (Å²) in [7, 11) is 0. The molecule has 0 spiro atoms. The van der Waals surface area contributed by atoms with Gasteiger partial charge in [-0.2, -0.15) is 0 Å². The Morgan fingerprint density at radius 2 is 1.80 bits per heavy atom. The summed E-state index contributed by atoms with van der Waals surface area (Å²) >= 11 is 1.48. The molecule has 1 aromatic carbocycles. The van der Waals surface area contributed by atoms with Crippen LogP contribution in [0.15, 0.2) is 30.3 Å². The lowest BCUT2D eigenvalue weighted by atomic mass is 10.0. The van der Waals surface area contributed by atoms with Crippen LogP contribution in [0.5, 0.6) is 0 Å². The molecule has 0 heterocycles. The Hall–Kier alpha value is -1.29. The number of carboxylic acid groups (broad SMARTS) is 1. The van der Waals surface area contributed by atoms with Crippen molar-refractivity contribution in [3.63, 3.8) is 0 Å². The summed E-state index contributed by atoms with van der Waals surface area (Å²) in [5.41, 5.74) is 0.600. The van der Waals surface area contributed by atoms with Crippen LogP contribution in [-0.2, 0) is 4.79 Å². The van der Waals surface area contributed by atoms with Gasteiger partial charge in [-0.05, 0) is 12.8 Å². The van der Waals surface area contributed by atoms with Crippen molar-refractivity contribution in [1.29, 1.82) is 0 Å². The Morgan fingerprint density at radius 3 is 2.40 bits per heavy atom. The third-order valence-electron chi connectivity index (χ3n) is 3.65. The molecule has 0 saturated heterocycles. The Bertz CT molecular complexity index is 452. The molecule has 1 aliphatic rings. The standard InChI is InChI=1S/C16H20O3S/c17-14(12-7-3-1-4-8-12)11-15(16(18)19)20-13-9-5-2-6-10-13/h1,3-4,7-8,13,15H,2,5-6,9-11H2,(H,18,19). The van der Waals surface area contributed by atoms with Crippen molar-refractivity contribution in [3.05, 3.63) is 35.9 Å². The summed E-state index contributed by atoms with van der Waals surface area (Å²) in [4.78, 5) is 23.5. The van der Waals surface area contributed by atoms with Gasteiger partial charge in [-0.1, -0.05) is 49.6 Å². The fourth-order valence-electron chi connectivity index (χ4n) is 2.54. The average molecular weight is 292 g/mol. The molecular weight excluding hydrogens is 272 g/mol. The van der Waals surface area contributed by atoms with Crippen LogP contribution in [0.4, 0.5) is 0 Å². The number of ketones is 1. The first-order valence-corrected chi connectivity index (χ1v) is 8.07. The number of carbonyl (C=O) groups excluding carboxylic acids is 1. The van der Waals surface area contributed by atoms with Crippen molar-refractivity contribution < 1.29 is 14.7 Å². The molecule has 0 amide bonds. The number of hydrogen-bond donors (Lipinski definition) is 1. The van der Waals surface area contributed by atoms with Crippen molar-refractivity contribution in [2.45, 2.75) is 49.0 Å². The fraction of sp³-hybridized carbons (Fsp3) is 0.500. The number of aliphatic carboxylic acids is 1. The molecule has 20 heavy (non-hydrogen) atoms.